The van der Waals surface area contributed by atoms with Gasteiger partial charge in [0.1, 0.15) is 5.00 Å². The van der Waals surface area contributed by atoms with Crippen molar-refractivity contribution in [2.45, 2.75) is 45.4 Å². The minimum atomic E-state index is -0.527. The highest BCUT2D eigenvalue weighted by Crippen LogP contribution is 2.39. The van der Waals surface area contributed by atoms with Crippen molar-refractivity contribution in [1.29, 1.82) is 0 Å². The van der Waals surface area contributed by atoms with E-state index in [1.807, 2.05) is 24.3 Å². The fourth-order valence-corrected chi connectivity index (χ4v) is 6.02. The van der Waals surface area contributed by atoms with Gasteiger partial charge in [0.15, 0.2) is 6.61 Å². The van der Waals surface area contributed by atoms with Gasteiger partial charge in [-0.1, -0.05) is 18.2 Å². The van der Waals surface area contributed by atoms with Crippen molar-refractivity contribution >= 4 is 45.1 Å². The molecule has 7 nitrogen and oxygen atoms in total. The molecule has 1 N–H and O–H groups in total. The zero-order valence-corrected chi connectivity index (χ0v) is 19.2. The van der Waals surface area contributed by atoms with Crippen LogP contribution in [0, 0.1) is 0 Å². The number of para-hydroxylation sites is 1. The van der Waals surface area contributed by atoms with Crippen LogP contribution < -0.4 is 5.32 Å². The second kappa shape index (κ2) is 8.94. The van der Waals surface area contributed by atoms with Crippen molar-refractivity contribution in [3.8, 4) is 0 Å². The molecule has 33 heavy (non-hydrogen) atoms. The molecule has 2 aliphatic carbocycles. The lowest BCUT2D eigenvalue weighted by Crippen LogP contribution is -2.22. The van der Waals surface area contributed by atoms with E-state index < -0.39 is 24.5 Å². The number of aryl methyl sites for hydroxylation is 2. The predicted octanol–water partition coefficient (Wildman–Crippen LogP) is 4.25. The number of thiophene rings is 1. The third-order valence-corrected chi connectivity index (χ3v) is 7.32. The smallest absolute Gasteiger partial charge is 0.341 e. The maximum atomic E-state index is 13.0. The topological polar surface area (TPSA) is 94.6 Å². The lowest BCUT2D eigenvalue weighted by molar-refractivity contribution is -0.119. The van der Waals surface area contributed by atoms with E-state index in [0.29, 0.717) is 16.1 Å². The number of anilines is 1. The van der Waals surface area contributed by atoms with Gasteiger partial charge in [-0.3, -0.25) is 9.78 Å². The summed E-state index contributed by atoms with van der Waals surface area (Å²) in [5, 5.41) is 3.97. The van der Waals surface area contributed by atoms with Gasteiger partial charge >= 0.3 is 11.9 Å². The van der Waals surface area contributed by atoms with E-state index in [2.05, 4.69) is 10.3 Å². The maximum absolute atomic E-state index is 13.0. The molecule has 0 spiro atoms. The van der Waals surface area contributed by atoms with Crippen LogP contribution in [-0.4, -0.2) is 36.0 Å². The molecule has 2 aliphatic rings. The number of nitrogens with zero attached hydrogens (tertiary/aromatic N) is 1. The Kier molecular flexibility index (Phi) is 5.85. The number of nitrogens with one attached hydrogen (secondary N) is 1. The van der Waals surface area contributed by atoms with Crippen LogP contribution in [0.25, 0.3) is 10.9 Å². The quantitative estimate of drug-likeness (QED) is 0.548. The van der Waals surface area contributed by atoms with Crippen molar-refractivity contribution in [3.63, 3.8) is 0 Å². The third-order valence-electron chi connectivity index (χ3n) is 6.11. The molecule has 0 saturated carbocycles. The number of carbonyl (C=O) groups is 3. The number of pyridine rings is 1. The molecule has 2 heterocycles. The lowest BCUT2D eigenvalue weighted by atomic mass is 10.0. The number of ether oxygens (including phenoxy) is 2. The first-order chi connectivity index (χ1) is 16.1. The van der Waals surface area contributed by atoms with Crippen LogP contribution >= 0.6 is 11.3 Å². The van der Waals surface area contributed by atoms with Gasteiger partial charge in [-0.2, -0.15) is 0 Å². The van der Waals surface area contributed by atoms with E-state index in [4.69, 9.17) is 9.47 Å². The van der Waals surface area contributed by atoms with Gasteiger partial charge in [0.25, 0.3) is 5.91 Å². The highest BCUT2D eigenvalue weighted by molar-refractivity contribution is 7.17. The Morgan fingerprint density at radius 1 is 0.970 bits per heavy atom. The summed E-state index contributed by atoms with van der Waals surface area (Å²) in [6.07, 6.45) is 5.22. The number of esters is 2. The fraction of sp³-hybridized carbons (Fsp3) is 0.360. The first-order valence-corrected chi connectivity index (χ1v) is 12.1. The molecule has 0 fully saturated rings. The summed E-state index contributed by atoms with van der Waals surface area (Å²) in [7, 11) is 0. The summed E-state index contributed by atoms with van der Waals surface area (Å²) in [5.41, 5.74) is 4.50. The van der Waals surface area contributed by atoms with E-state index in [0.717, 1.165) is 71.1 Å². The second-order valence-electron chi connectivity index (χ2n) is 8.19. The minimum absolute atomic E-state index is 0.263. The number of rotatable bonds is 6. The highest BCUT2D eigenvalue weighted by Gasteiger charge is 2.29. The van der Waals surface area contributed by atoms with Crippen molar-refractivity contribution in [3.05, 3.63) is 57.1 Å². The number of fused-ring (bicyclic) bond motifs is 3. The molecule has 5 rings (SSSR count). The summed E-state index contributed by atoms with van der Waals surface area (Å²) in [6, 6.07) is 7.49. The number of aromatic nitrogens is 1. The fourth-order valence-electron chi connectivity index (χ4n) is 4.72. The van der Waals surface area contributed by atoms with Gasteiger partial charge in [0.05, 0.1) is 23.3 Å². The van der Waals surface area contributed by atoms with Crippen LogP contribution in [0.5, 0.6) is 0 Å². The van der Waals surface area contributed by atoms with Crippen LogP contribution in [0.2, 0.25) is 0 Å². The number of hydrogen-bond donors (Lipinski definition) is 1. The van der Waals surface area contributed by atoms with Gasteiger partial charge < -0.3 is 14.8 Å². The second-order valence-corrected chi connectivity index (χ2v) is 9.29. The summed E-state index contributed by atoms with van der Waals surface area (Å²) in [4.78, 5) is 44.0. The molecule has 0 saturated heterocycles. The zero-order chi connectivity index (χ0) is 22.9. The Labute approximate surface area is 195 Å². The zero-order valence-electron chi connectivity index (χ0n) is 18.4. The van der Waals surface area contributed by atoms with Crippen LogP contribution in [0.3, 0.4) is 0 Å². The van der Waals surface area contributed by atoms with Gasteiger partial charge in [0.2, 0.25) is 0 Å². The molecule has 2 aromatic heterocycles. The number of amides is 1. The van der Waals surface area contributed by atoms with E-state index in [1.165, 1.54) is 11.3 Å². The Bertz CT molecular complexity index is 1280. The average molecular weight is 465 g/mol. The number of carbonyl (C=O) groups excluding carboxylic acids is 3. The van der Waals surface area contributed by atoms with Crippen molar-refractivity contribution in [2.24, 2.45) is 0 Å². The highest BCUT2D eigenvalue weighted by atomic mass is 32.1. The molecular weight excluding hydrogens is 440 g/mol. The van der Waals surface area contributed by atoms with Crippen molar-refractivity contribution in [2.75, 3.05) is 18.5 Å². The largest absolute Gasteiger partial charge is 0.462 e. The van der Waals surface area contributed by atoms with Gasteiger partial charge in [0, 0.05) is 16.0 Å². The summed E-state index contributed by atoms with van der Waals surface area (Å²) < 4.78 is 10.6. The summed E-state index contributed by atoms with van der Waals surface area (Å²) in [5.74, 6) is -1.44. The molecule has 0 radical (unpaired) electrons. The van der Waals surface area contributed by atoms with E-state index >= 15 is 0 Å². The monoisotopic (exact) mass is 464 g/mol. The Balaban J connectivity index is 1.33. The summed E-state index contributed by atoms with van der Waals surface area (Å²) >= 11 is 1.40. The molecule has 1 aromatic carbocycles. The van der Waals surface area contributed by atoms with Crippen molar-refractivity contribution < 1.29 is 23.9 Å². The van der Waals surface area contributed by atoms with Crippen molar-refractivity contribution in [1.82, 2.24) is 4.98 Å². The van der Waals surface area contributed by atoms with E-state index in [1.54, 1.807) is 6.92 Å². The standard InChI is InChI=1S/C25H24N2O5S/c1-2-31-25(30)22-16-9-6-12-19(16)33-23(22)27-20(28)13-32-24(29)21-14-7-3-4-10-17(14)26-18-11-5-8-15(18)21/h3-4,7,10H,2,5-6,8-9,11-13H2,1H3,(H,27,28). The Hall–Kier alpha value is -3.26. The molecule has 0 unspecified atom stereocenters. The molecule has 0 bridgehead atoms. The Morgan fingerprint density at radius 2 is 1.73 bits per heavy atom. The number of benzene rings is 1. The molecule has 0 aliphatic heterocycles. The van der Waals surface area contributed by atoms with E-state index in [9.17, 15) is 14.4 Å². The molecule has 1 amide bonds. The lowest BCUT2D eigenvalue weighted by Gasteiger charge is -2.12. The Morgan fingerprint density at radius 3 is 2.58 bits per heavy atom. The minimum Gasteiger partial charge on any atom is -0.462 e. The van der Waals surface area contributed by atoms with Crippen LogP contribution in [0.15, 0.2) is 24.3 Å². The predicted molar refractivity (Wildman–Crippen MR) is 125 cm³/mol. The van der Waals surface area contributed by atoms with Crippen LogP contribution in [0.1, 0.15) is 62.2 Å². The van der Waals surface area contributed by atoms with Gasteiger partial charge in [-0.05, 0) is 62.6 Å². The van der Waals surface area contributed by atoms with Crippen LogP contribution in [-0.2, 0) is 40.0 Å². The maximum Gasteiger partial charge on any atom is 0.341 e. The van der Waals surface area contributed by atoms with Gasteiger partial charge in [-0.25, -0.2) is 9.59 Å². The first-order valence-electron chi connectivity index (χ1n) is 11.3. The molecule has 8 heteroatoms. The molecule has 0 atom stereocenters. The van der Waals surface area contributed by atoms with Gasteiger partial charge in [-0.15, -0.1) is 11.3 Å². The van der Waals surface area contributed by atoms with E-state index in [-0.39, 0.29) is 6.61 Å². The third kappa shape index (κ3) is 3.99. The molecule has 3 aromatic rings. The molecular formula is C25H24N2O5S. The first kappa shape index (κ1) is 21.6. The normalized spacial score (nSPS) is 14.1. The van der Waals surface area contributed by atoms with Crippen LogP contribution in [0.4, 0.5) is 5.00 Å². The number of hydrogen-bond acceptors (Lipinski definition) is 7. The molecule has 170 valence electrons. The SMILES string of the molecule is CCOC(=O)c1c(NC(=O)COC(=O)c2c3c(nc4ccccc24)CCC3)sc2c1CCC2. The average Bonchev–Trinajstić information content (AvgIpc) is 3.51. The summed E-state index contributed by atoms with van der Waals surface area (Å²) in [6.45, 7) is 1.58.